The zero-order valence-electron chi connectivity index (χ0n) is 45.4. The molecule has 8 atom stereocenters. The van der Waals surface area contributed by atoms with Crippen LogP contribution >= 0.6 is 21.6 Å². The maximum atomic E-state index is 14.6. The molecule has 2 aromatic heterocycles. The summed E-state index contributed by atoms with van der Waals surface area (Å²) in [4.78, 5) is 153. The number of carbonyl (C=O) groups excluding carboxylic acids is 9. The van der Waals surface area contributed by atoms with Gasteiger partial charge in [0.2, 0.25) is 53.2 Å². The Bertz CT molecular complexity index is 2880. The summed E-state index contributed by atoms with van der Waals surface area (Å²) in [6.07, 6.45) is 4.53. The Morgan fingerprint density at radius 3 is 1.87 bits per heavy atom. The topological polar surface area (TPSA) is 486 Å². The van der Waals surface area contributed by atoms with Gasteiger partial charge in [-0.1, -0.05) is 70.1 Å². The first kappa shape index (κ1) is 65.6. The van der Waals surface area contributed by atoms with Crippen molar-refractivity contribution in [2.45, 2.75) is 114 Å². The molecule has 3 unspecified atom stereocenters. The number of carbonyl (C=O) groups is 10. The molecule has 0 saturated carbocycles. The molecule has 4 aromatic rings. The molecular formula is C51H72N18O11S2. The van der Waals surface area contributed by atoms with Gasteiger partial charge in [0.05, 0.1) is 6.33 Å². The number of imidazole rings is 1. The maximum absolute atomic E-state index is 14.6. The van der Waals surface area contributed by atoms with E-state index in [9.17, 15) is 43.2 Å². The van der Waals surface area contributed by atoms with Gasteiger partial charge >= 0.3 is 0 Å². The monoisotopic (exact) mass is 1180 g/mol. The Kier molecular flexibility index (Phi) is 26.9. The van der Waals surface area contributed by atoms with Gasteiger partial charge in [-0.25, -0.2) is 4.98 Å². The average molecular weight is 1180 g/mol. The van der Waals surface area contributed by atoms with Crippen LogP contribution in [0.25, 0.3) is 10.9 Å². The maximum Gasteiger partial charge on any atom is 0.300 e. The number of fused-ring (bicyclic) bond motifs is 1. The number of nitrogens with one attached hydrogen (secondary N) is 10. The second-order valence-electron chi connectivity index (χ2n) is 18.8. The van der Waals surface area contributed by atoms with Gasteiger partial charge in [0.1, 0.15) is 48.3 Å². The Labute approximate surface area is 479 Å². The zero-order valence-corrected chi connectivity index (χ0v) is 47.0. The van der Waals surface area contributed by atoms with Gasteiger partial charge in [0, 0.05) is 86.7 Å². The Hall–Kier alpha value is -8.87. The molecule has 0 spiro atoms. The largest absolute Gasteiger partial charge is 0.481 e. The predicted octanol–water partition coefficient (Wildman–Crippen LogP) is -3.08. The summed E-state index contributed by atoms with van der Waals surface area (Å²) < 4.78 is 0. The van der Waals surface area contributed by atoms with Crippen LogP contribution in [-0.4, -0.2) is 164 Å². The van der Waals surface area contributed by atoms with Crippen molar-refractivity contribution >= 4 is 104 Å². The first-order valence-corrected chi connectivity index (χ1v) is 28.3. The highest BCUT2D eigenvalue weighted by atomic mass is 33.1. The number of rotatable bonds is 18. The molecule has 3 heterocycles. The highest BCUT2D eigenvalue weighted by Crippen LogP contribution is 2.24. The van der Waals surface area contributed by atoms with Crippen LogP contribution in [0.2, 0.25) is 0 Å². The molecule has 444 valence electrons. The van der Waals surface area contributed by atoms with E-state index in [0.29, 0.717) is 16.8 Å². The van der Waals surface area contributed by atoms with Crippen LogP contribution in [0.15, 0.2) is 83.3 Å². The molecule has 29 nitrogen and oxygen atoms in total. The number of aromatic amines is 2. The highest BCUT2D eigenvalue weighted by molar-refractivity contribution is 8.76. The minimum absolute atomic E-state index is 0.0573. The molecule has 1 saturated heterocycles. The minimum Gasteiger partial charge on any atom is -0.481 e. The number of aliphatic imine (C=N–C) groups is 2. The number of primary amides is 1. The molecule has 31 heteroatoms. The fraction of sp³-hybridized carbons (Fsp3) is 0.431. The summed E-state index contributed by atoms with van der Waals surface area (Å²) >= 11 is 0. The van der Waals surface area contributed by atoms with Gasteiger partial charge in [0.15, 0.2) is 11.9 Å². The van der Waals surface area contributed by atoms with Crippen molar-refractivity contribution < 1.29 is 53.1 Å². The van der Waals surface area contributed by atoms with Crippen LogP contribution in [0.4, 0.5) is 0 Å². The van der Waals surface area contributed by atoms with E-state index in [0.717, 1.165) is 39.4 Å². The van der Waals surface area contributed by atoms with Gasteiger partial charge in [0.25, 0.3) is 5.97 Å². The van der Waals surface area contributed by atoms with E-state index in [1.807, 2.05) is 18.2 Å². The second kappa shape index (κ2) is 33.7. The van der Waals surface area contributed by atoms with Crippen LogP contribution in [0.1, 0.15) is 63.3 Å². The third-order valence-electron chi connectivity index (χ3n) is 12.1. The molecule has 1 aliphatic rings. The molecule has 1 fully saturated rings. The lowest BCUT2D eigenvalue weighted by Gasteiger charge is -2.27. The summed E-state index contributed by atoms with van der Waals surface area (Å²) in [6, 6.07) is 5.16. The molecule has 5 rings (SSSR count). The van der Waals surface area contributed by atoms with Gasteiger partial charge in [-0.3, -0.25) is 57.9 Å². The van der Waals surface area contributed by atoms with E-state index in [1.165, 1.54) is 26.4 Å². The third kappa shape index (κ3) is 23.1. The number of nitrogens with zero attached hydrogens (tertiary/aromatic N) is 3. The first-order valence-electron chi connectivity index (χ1n) is 25.8. The lowest BCUT2D eigenvalue weighted by Crippen LogP contribution is -2.61. The van der Waals surface area contributed by atoms with Gasteiger partial charge in [-0.2, -0.15) is 0 Å². The van der Waals surface area contributed by atoms with Gasteiger partial charge < -0.3 is 86.3 Å². The van der Waals surface area contributed by atoms with Crippen molar-refractivity contribution in [2.24, 2.45) is 38.7 Å². The summed E-state index contributed by atoms with van der Waals surface area (Å²) in [5.74, 6) is -8.80. The Morgan fingerprint density at radius 1 is 0.683 bits per heavy atom. The van der Waals surface area contributed by atoms with E-state index in [1.54, 1.807) is 42.6 Å². The first-order chi connectivity index (χ1) is 39.0. The fourth-order valence-corrected chi connectivity index (χ4v) is 10.4. The van der Waals surface area contributed by atoms with Crippen molar-refractivity contribution in [1.29, 1.82) is 0 Å². The second-order valence-corrected chi connectivity index (χ2v) is 21.3. The average Bonchev–Trinajstić information content (AvgIpc) is 4.11. The molecular weight excluding hydrogens is 1100 g/mol. The zero-order chi connectivity index (χ0) is 60.3. The van der Waals surface area contributed by atoms with Gasteiger partial charge in [-0.15, -0.1) is 0 Å². The normalized spacial score (nSPS) is 20.9. The number of aliphatic carboxylic acids is 1. The third-order valence-corrected chi connectivity index (χ3v) is 14.5. The van der Waals surface area contributed by atoms with Crippen molar-refractivity contribution in [1.82, 2.24) is 57.5 Å². The molecule has 0 aliphatic carbocycles. The lowest BCUT2D eigenvalue weighted by atomic mass is 10.0. The van der Waals surface area contributed by atoms with Crippen LogP contribution in [0, 0.1) is 0 Å². The van der Waals surface area contributed by atoms with Crippen molar-refractivity contribution in [2.75, 3.05) is 24.6 Å². The minimum atomic E-state index is -1.40. The number of H-pyrrole nitrogens is 2. The number of nitrogens with two attached hydrogens (primary N) is 5. The van der Waals surface area contributed by atoms with E-state index >= 15 is 0 Å². The number of guanidine groups is 2. The number of hydrogen-bond donors (Lipinski definition) is 16. The van der Waals surface area contributed by atoms with Crippen molar-refractivity contribution in [3.8, 4) is 0 Å². The van der Waals surface area contributed by atoms with Crippen molar-refractivity contribution in [3.63, 3.8) is 0 Å². The molecule has 1 aliphatic heterocycles. The van der Waals surface area contributed by atoms with E-state index in [2.05, 4.69) is 67.5 Å². The van der Waals surface area contributed by atoms with E-state index in [-0.39, 0.29) is 81.5 Å². The molecule has 0 radical (unpaired) electrons. The van der Waals surface area contributed by atoms with Crippen LogP contribution in [-0.2, 0) is 67.2 Å². The Morgan fingerprint density at radius 2 is 1.24 bits per heavy atom. The highest BCUT2D eigenvalue weighted by Gasteiger charge is 2.35. The molecule has 0 bridgehead atoms. The lowest BCUT2D eigenvalue weighted by molar-refractivity contribution is -0.135. The summed E-state index contributed by atoms with van der Waals surface area (Å²) in [7, 11) is 2.02. The van der Waals surface area contributed by atoms with Crippen molar-refractivity contribution in [3.05, 3.63) is 90.1 Å². The SMILES string of the molecule is CC(=O)N[C@@H](CCCN=C(N)N)C(=O)NC1CSSCC(C(N)=O)NC(=O)[C@H](Cc2c[nH]c3ccccc23)NC(=O)[C@H](CCCN=C(N)N)NC(=O)[C@@H](Cc2ccccc2)NC(=O)C(Cc2cnc[nH]2)NC(=O)[C@@H](C)NC1=O.CC(=O)O. The fourth-order valence-electron chi connectivity index (χ4n) is 8.05. The number of para-hydroxylation sites is 1. The smallest absolute Gasteiger partial charge is 0.300 e. The van der Waals surface area contributed by atoms with Crippen LogP contribution in [0.5, 0.6) is 0 Å². The van der Waals surface area contributed by atoms with Crippen LogP contribution < -0.4 is 71.2 Å². The molecule has 9 amide bonds. The number of benzene rings is 2. The number of amides is 9. The van der Waals surface area contributed by atoms with E-state index in [4.69, 9.17) is 38.6 Å². The summed E-state index contributed by atoms with van der Waals surface area (Å²) in [5.41, 5.74) is 30.3. The number of aromatic nitrogens is 3. The van der Waals surface area contributed by atoms with Gasteiger partial charge in [-0.05, 0) is 49.8 Å². The standard InChI is InChI=1S/C49H68N18O9S2.C2H4O2/c1-26-41(70)63-37(20-30-22-55-25-59-30)46(75)64-35(18-28-10-4-3-5-11-28)44(73)62-34(15-9-17-57-49(53)54)43(72)65-36(19-29-21-58-32-13-7-6-12-31(29)32)45(74)66-38(40(50)69)23-77-78-24-39(47(76)60-26)67-42(71)33(61-27(2)68)14-8-16-56-48(51)52;1-2(3)4/h3-7,10-13,21-22,25-26,33-39,58H,8-9,14-20,23-24H2,1-2H3,(H2,50,69)(H,55,59)(H,60,76)(H,61,68)(H,62,73)(H,63,70)(H,64,75)(H,65,72)(H,66,74)(H,67,71)(H4,51,52,56)(H4,53,54,57);1H3,(H,3,4)/t26-,33+,34+,35-,36+,37?,38?,39?;/m1./s1. The molecule has 82 heavy (non-hydrogen) atoms. The van der Waals surface area contributed by atoms with E-state index < -0.39 is 107 Å². The summed E-state index contributed by atoms with van der Waals surface area (Å²) in [6.45, 7) is 3.83. The number of hydrogen-bond acceptors (Lipinski definition) is 15. The van der Waals surface area contributed by atoms with Crippen LogP contribution in [0.3, 0.4) is 0 Å². The quantitative estimate of drug-likeness (QED) is 0.0203. The summed E-state index contributed by atoms with van der Waals surface area (Å²) in [5, 5.41) is 29.6. The Balaban J connectivity index is 0.00000349. The molecule has 2 aromatic carbocycles. The number of carboxylic acids is 1. The molecule has 21 N–H and O–H groups in total. The predicted molar refractivity (Wildman–Crippen MR) is 308 cm³/mol. The number of carboxylic acid groups (broad SMARTS) is 1.